The molecule has 4 aromatic rings. The summed E-state index contributed by atoms with van der Waals surface area (Å²) < 4.78 is 10.7. The van der Waals surface area contributed by atoms with Crippen molar-refractivity contribution in [1.82, 2.24) is 15.1 Å². The summed E-state index contributed by atoms with van der Waals surface area (Å²) in [6, 6.07) is 20.0. The smallest absolute Gasteiger partial charge is 0.231 e. The molecule has 2 aromatic carbocycles. The van der Waals surface area contributed by atoms with Crippen LogP contribution in [0.1, 0.15) is 22.8 Å². The van der Waals surface area contributed by atoms with Crippen molar-refractivity contribution < 1.29 is 9.26 Å². The molecule has 0 amide bonds. The summed E-state index contributed by atoms with van der Waals surface area (Å²) in [4.78, 5) is 8.94. The van der Waals surface area contributed by atoms with E-state index in [1.165, 1.54) is 0 Å². The number of hydrogen-bond acceptors (Lipinski definition) is 5. The van der Waals surface area contributed by atoms with E-state index in [2.05, 4.69) is 15.1 Å². The zero-order valence-electron chi connectivity index (χ0n) is 14.3. The Kier molecular flexibility index (Phi) is 4.43. The highest BCUT2D eigenvalue weighted by Crippen LogP contribution is 2.23. The molecule has 26 heavy (non-hydrogen) atoms. The molecule has 0 spiro atoms. The van der Waals surface area contributed by atoms with Gasteiger partial charge >= 0.3 is 0 Å². The van der Waals surface area contributed by atoms with Gasteiger partial charge in [-0.25, -0.2) is 4.98 Å². The highest BCUT2D eigenvalue weighted by Gasteiger charge is 2.07. The van der Waals surface area contributed by atoms with Gasteiger partial charge in [-0.2, -0.15) is 4.98 Å². The summed E-state index contributed by atoms with van der Waals surface area (Å²) >= 11 is 0. The predicted molar refractivity (Wildman–Crippen MR) is 101 cm³/mol. The van der Waals surface area contributed by atoms with Crippen LogP contribution in [0.25, 0.3) is 23.1 Å². The maximum Gasteiger partial charge on any atom is 0.231 e. The van der Waals surface area contributed by atoms with Gasteiger partial charge < -0.3 is 9.26 Å². The molecule has 0 aliphatic rings. The molecule has 0 fully saturated rings. The van der Waals surface area contributed by atoms with Crippen LogP contribution in [-0.4, -0.2) is 22.2 Å². The van der Waals surface area contributed by atoms with Crippen molar-refractivity contribution in [3.8, 4) is 5.88 Å². The largest absolute Gasteiger partial charge is 0.481 e. The Morgan fingerprint density at radius 1 is 0.962 bits per heavy atom. The summed E-state index contributed by atoms with van der Waals surface area (Å²) in [5.41, 5.74) is 2.89. The van der Waals surface area contributed by atoms with Crippen molar-refractivity contribution >= 4 is 23.1 Å². The van der Waals surface area contributed by atoms with Gasteiger partial charge in [0.2, 0.25) is 11.8 Å². The van der Waals surface area contributed by atoms with Crippen LogP contribution in [0, 0.1) is 0 Å². The van der Waals surface area contributed by atoms with Crippen molar-refractivity contribution in [3.05, 3.63) is 83.5 Å². The van der Waals surface area contributed by atoms with Crippen LogP contribution in [-0.2, 0) is 6.42 Å². The SMILES string of the molecule is COc1nc2ccccc2cc1/C=C/c1noc(Cc2ccccc2)n1. The van der Waals surface area contributed by atoms with Gasteiger partial charge in [-0.3, -0.25) is 0 Å². The van der Waals surface area contributed by atoms with Crippen LogP contribution in [0.2, 0.25) is 0 Å². The van der Waals surface area contributed by atoms with Crippen molar-refractivity contribution in [3.63, 3.8) is 0 Å². The van der Waals surface area contributed by atoms with Crippen LogP contribution in [0.3, 0.4) is 0 Å². The van der Waals surface area contributed by atoms with Crippen molar-refractivity contribution in [2.45, 2.75) is 6.42 Å². The van der Waals surface area contributed by atoms with E-state index in [0.29, 0.717) is 24.0 Å². The van der Waals surface area contributed by atoms with Crippen molar-refractivity contribution in [2.75, 3.05) is 7.11 Å². The summed E-state index contributed by atoms with van der Waals surface area (Å²) in [5, 5.41) is 5.06. The number of benzene rings is 2. The number of fused-ring (bicyclic) bond motifs is 1. The van der Waals surface area contributed by atoms with E-state index in [0.717, 1.165) is 22.0 Å². The fourth-order valence-corrected chi connectivity index (χ4v) is 2.74. The monoisotopic (exact) mass is 343 g/mol. The number of nitrogens with zero attached hydrogens (tertiary/aromatic N) is 3. The molecule has 128 valence electrons. The number of aromatic nitrogens is 3. The molecular formula is C21H17N3O2. The number of para-hydroxylation sites is 1. The molecule has 0 saturated heterocycles. The molecule has 0 N–H and O–H groups in total. The Morgan fingerprint density at radius 2 is 1.77 bits per heavy atom. The van der Waals surface area contributed by atoms with E-state index in [4.69, 9.17) is 9.26 Å². The first kappa shape index (κ1) is 16.0. The van der Waals surface area contributed by atoms with Crippen LogP contribution in [0.15, 0.2) is 65.2 Å². The predicted octanol–water partition coefficient (Wildman–Crippen LogP) is 4.39. The second-order valence-electron chi connectivity index (χ2n) is 5.82. The third-order valence-corrected chi connectivity index (χ3v) is 4.00. The molecule has 4 rings (SSSR count). The second-order valence-corrected chi connectivity index (χ2v) is 5.82. The Morgan fingerprint density at radius 3 is 2.62 bits per heavy atom. The molecule has 2 heterocycles. The van der Waals surface area contributed by atoms with Crippen molar-refractivity contribution in [2.24, 2.45) is 0 Å². The Balaban J connectivity index is 1.57. The summed E-state index contributed by atoms with van der Waals surface area (Å²) in [6.07, 6.45) is 4.30. The molecule has 0 aliphatic heterocycles. The first-order chi connectivity index (χ1) is 12.8. The van der Waals surface area contributed by atoms with Gasteiger partial charge in [0, 0.05) is 10.9 Å². The average molecular weight is 343 g/mol. The molecule has 2 aromatic heterocycles. The number of hydrogen-bond donors (Lipinski definition) is 0. The van der Waals surface area contributed by atoms with Crippen LogP contribution in [0.5, 0.6) is 5.88 Å². The Labute approximate surface area is 151 Å². The van der Waals surface area contributed by atoms with E-state index < -0.39 is 0 Å². The topological polar surface area (TPSA) is 61.0 Å². The van der Waals surface area contributed by atoms with Gasteiger partial charge in [-0.15, -0.1) is 0 Å². The Hall–Kier alpha value is -3.47. The molecule has 5 nitrogen and oxygen atoms in total. The fraction of sp³-hybridized carbons (Fsp3) is 0.0952. The average Bonchev–Trinajstić information content (AvgIpc) is 3.13. The van der Waals surface area contributed by atoms with Gasteiger partial charge in [0.05, 0.1) is 19.0 Å². The lowest BCUT2D eigenvalue weighted by atomic mass is 10.1. The molecule has 0 atom stereocenters. The van der Waals surface area contributed by atoms with Crippen molar-refractivity contribution in [1.29, 1.82) is 0 Å². The number of ether oxygens (including phenoxy) is 1. The summed E-state index contributed by atoms with van der Waals surface area (Å²) in [5.74, 6) is 1.67. The fourth-order valence-electron chi connectivity index (χ4n) is 2.74. The van der Waals surface area contributed by atoms with Gasteiger partial charge in [0.15, 0.2) is 5.82 Å². The van der Waals surface area contributed by atoms with Crippen LogP contribution in [0.4, 0.5) is 0 Å². The van der Waals surface area contributed by atoms with E-state index in [-0.39, 0.29) is 0 Å². The number of rotatable bonds is 5. The third kappa shape index (κ3) is 3.47. The highest BCUT2D eigenvalue weighted by atomic mass is 16.5. The maximum absolute atomic E-state index is 5.40. The lowest BCUT2D eigenvalue weighted by Gasteiger charge is -2.05. The maximum atomic E-state index is 5.40. The zero-order valence-corrected chi connectivity index (χ0v) is 14.3. The summed E-state index contributed by atoms with van der Waals surface area (Å²) in [6.45, 7) is 0. The zero-order chi connectivity index (χ0) is 17.8. The van der Waals surface area contributed by atoms with Gasteiger partial charge in [0.1, 0.15) is 0 Å². The molecule has 0 radical (unpaired) electrons. The minimum atomic E-state index is 0.520. The quantitative estimate of drug-likeness (QED) is 0.538. The van der Waals surface area contributed by atoms with E-state index >= 15 is 0 Å². The van der Waals surface area contributed by atoms with Gasteiger partial charge in [0.25, 0.3) is 0 Å². The lowest BCUT2D eigenvalue weighted by Crippen LogP contribution is -1.92. The first-order valence-electron chi connectivity index (χ1n) is 8.30. The van der Waals surface area contributed by atoms with Crippen LogP contribution >= 0.6 is 0 Å². The molecule has 0 unspecified atom stereocenters. The molecule has 0 saturated carbocycles. The molecule has 0 bridgehead atoms. The Bertz CT molecular complexity index is 1060. The van der Waals surface area contributed by atoms with E-state index in [1.807, 2.05) is 66.7 Å². The highest BCUT2D eigenvalue weighted by molar-refractivity contribution is 5.84. The standard InChI is InChI=1S/C21H17N3O2/c1-25-21-17(14-16-9-5-6-10-18(16)22-21)11-12-19-23-20(26-24-19)13-15-7-3-2-4-8-15/h2-12,14H,13H2,1H3/b12-11+. The summed E-state index contributed by atoms with van der Waals surface area (Å²) in [7, 11) is 1.61. The van der Waals surface area contributed by atoms with Crippen LogP contribution < -0.4 is 4.74 Å². The molecule has 0 aliphatic carbocycles. The third-order valence-electron chi connectivity index (χ3n) is 4.00. The van der Waals surface area contributed by atoms with E-state index in [9.17, 15) is 0 Å². The molecule has 5 heteroatoms. The minimum absolute atomic E-state index is 0.520. The van der Waals surface area contributed by atoms with E-state index in [1.54, 1.807) is 13.2 Å². The first-order valence-corrected chi connectivity index (χ1v) is 8.30. The normalized spacial score (nSPS) is 11.3. The van der Waals surface area contributed by atoms with Gasteiger partial charge in [-0.1, -0.05) is 53.7 Å². The second kappa shape index (κ2) is 7.19. The lowest BCUT2D eigenvalue weighted by molar-refractivity contribution is 0.383. The minimum Gasteiger partial charge on any atom is -0.481 e. The molecular weight excluding hydrogens is 326 g/mol. The number of pyridine rings is 1. The number of methoxy groups -OCH3 is 1. The van der Waals surface area contributed by atoms with Gasteiger partial charge in [-0.05, 0) is 29.8 Å².